The zero-order valence-corrected chi connectivity index (χ0v) is 8.50. The van der Waals surface area contributed by atoms with E-state index in [0.29, 0.717) is 11.1 Å². The highest BCUT2D eigenvalue weighted by Crippen LogP contribution is 2.23. The molecule has 1 aromatic rings. The van der Waals surface area contributed by atoms with Crippen LogP contribution in [0, 0.1) is 13.8 Å². The second-order valence-electron chi connectivity index (χ2n) is 3.31. The van der Waals surface area contributed by atoms with Crippen LogP contribution in [-0.2, 0) is 0 Å². The molecule has 5 N–H and O–H groups in total. The molecule has 5 heteroatoms. The van der Waals surface area contributed by atoms with Crippen LogP contribution in [0.25, 0.3) is 0 Å². The van der Waals surface area contributed by atoms with E-state index >= 15 is 0 Å². The predicted molar refractivity (Wildman–Crippen MR) is 55.8 cm³/mol. The van der Waals surface area contributed by atoms with Gasteiger partial charge in [0.25, 0.3) is 5.91 Å². The Labute approximate surface area is 86.7 Å². The molecule has 0 saturated carbocycles. The number of hydrogen-bond donors (Lipinski definition) is 3. The van der Waals surface area contributed by atoms with E-state index in [1.807, 2.05) is 0 Å². The molecule has 0 unspecified atom stereocenters. The molecule has 15 heavy (non-hydrogen) atoms. The highest BCUT2D eigenvalue weighted by atomic mass is 16.4. The fraction of sp³-hybridized carbons (Fsp3) is 0.200. The number of carbonyl (C=O) groups is 2. The van der Waals surface area contributed by atoms with Gasteiger partial charge in [0, 0.05) is 5.69 Å². The second-order valence-corrected chi connectivity index (χ2v) is 3.31. The van der Waals surface area contributed by atoms with Crippen molar-refractivity contribution in [2.45, 2.75) is 13.8 Å². The van der Waals surface area contributed by atoms with E-state index in [-0.39, 0.29) is 16.8 Å². The molecule has 1 rings (SSSR count). The SMILES string of the molecule is Cc1c(C(=O)O)cc(N)c(C(N)=O)c1C. The van der Waals surface area contributed by atoms with Crippen molar-refractivity contribution in [2.75, 3.05) is 5.73 Å². The van der Waals surface area contributed by atoms with E-state index in [4.69, 9.17) is 16.6 Å². The third-order valence-corrected chi connectivity index (χ3v) is 2.41. The van der Waals surface area contributed by atoms with Gasteiger partial charge in [-0.15, -0.1) is 0 Å². The van der Waals surface area contributed by atoms with Gasteiger partial charge >= 0.3 is 5.97 Å². The molecule has 0 fully saturated rings. The van der Waals surface area contributed by atoms with E-state index < -0.39 is 11.9 Å². The summed E-state index contributed by atoms with van der Waals surface area (Å²) in [6, 6.07) is 1.25. The van der Waals surface area contributed by atoms with Crippen LogP contribution >= 0.6 is 0 Å². The fourth-order valence-corrected chi connectivity index (χ4v) is 1.49. The molecule has 0 radical (unpaired) electrons. The number of aromatic carboxylic acids is 1. The molecule has 0 saturated heterocycles. The van der Waals surface area contributed by atoms with Gasteiger partial charge in [0.1, 0.15) is 0 Å². The van der Waals surface area contributed by atoms with Crippen LogP contribution in [-0.4, -0.2) is 17.0 Å². The number of hydrogen-bond acceptors (Lipinski definition) is 3. The smallest absolute Gasteiger partial charge is 0.336 e. The van der Waals surface area contributed by atoms with E-state index in [1.165, 1.54) is 6.07 Å². The van der Waals surface area contributed by atoms with Crippen molar-refractivity contribution in [1.29, 1.82) is 0 Å². The molecule has 5 nitrogen and oxygen atoms in total. The summed E-state index contributed by atoms with van der Waals surface area (Å²) in [6.45, 7) is 3.24. The third kappa shape index (κ3) is 1.76. The molecule has 0 aliphatic heterocycles. The van der Waals surface area contributed by atoms with Gasteiger partial charge in [-0.1, -0.05) is 0 Å². The van der Waals surface area contributed by atoms with E-state index in [9.17, 15) is 9.59 Å². The molecule has 0 spiro atoms. The molecule has 1 aromatic carbocycles. The summed E-state index contributed by atoms with van der Waals surface area (Å²) in [7, 11) is 0. The normalized spacial score (nSPS) is 10.0. The third-order valence-electron chi connectivity index (χ3n) is 2.41. The van der Waals surface area contributed by atoms with Crippen LogP contribution in [0.15, 0.2) is 6.07 Å². The van der Waals surface area contributed by atoms with Crippen LogP contribution in [0.4, 0.5) is 5.69 Å². The Morgan fingerprint density at radius 1 is 1.27 bits per heavy atom. The summed E-state index contributed by atoms with van der Waals surface area (Å²) in [5, 5.41) is 8.87. The molecule has 80 valence electrons. The minimum atomic E-state index is -1.07. The van der Waals surface area contributed by atoms with Crippen molar-refractivity contribution >= 4 is 17.6 Å². The summed E-state index contributed by atoms with van der Waals surface area (Å²) in [4.78, 5) is 21.9. The lowest BCUT2D eigenvalue weighted by atomic mass is 9.96. The van der Waals surface area contributed by atoms with Crippen molar-refractivity contribution in [2.24, 2.45) is 5.73 Å². The van der Waals surface area contributed by atoms with E-state index in [0.717, 1.165) is 0 Å². The van der Waals surface area contributed by atoms with Gasteiger partial charge in [-0.3, -0.25) is 4.79 Å². The van der Waals surface area contributed by atoms with Crippen LogP contribution in [0.1, 0.15) is 31.8 Å². The molecule has 1 amide bonds. The largest absolute Gasteiger partial charge is 0.478 e. The average molecular weight is 208 g/mol. The predicted octanol–water partition coefficient (Wildman–Crippen LogP) is 0.683. The number of benzene rings is 1. The lowest BCUT2D eigenvalue weighted by molar-refractivity contribution is 0.0695. The van der Waals surface area contributed by atoms with Gasteiger partial charge in [-0.05, 0) is 31.0 Å². The molecule has 0 atom stereocenters. The Hall–Kier alpha value is -2.04. The van der Waals surface area contributed by atoms with Crippen molar-refractivity contribution < 1.29 is 14.7 Å². The summed E-state index contributed by atoms with van der Waals surface area (Å²) < 4.78 is 0. The zero-order chi connectivity index (χ0) is 11.7. The average Bonchev–Trinajstić information content (AvgIpc) is 2.10. The first-order chi connectivity index (χ1) is 6.86. The summed E-state index contributed by atoms with van der Waals surface area (Å²) in [6.07, 6.45) is 0. The number of amides is 1. The first-order valence-corrected chi connectivity index (χ1v) is 4.29. The maximum atomic E-state index is 11.1. The van der Waals surface area contributed by atoms with Crippen molar-refractivity contribution in [3.63, 3.8) is 0 Å². The number of nitrogens with two attached hydrogens (primary N) is 2. The van der Waals surface area contributed by atoms with E-state index in [2.05, 4.69) is 0 Å². The molecule has 0 heterocycles. The van der Waals surface area contributed by atoms with Crippen LogP contribution in [0.3, 0.4) is 0 Å². The van der Waals surface area contributed by atoms with Gasteiger partial charge in [-0.2, -0.15) is 0 Å². The highest BCUT2D eigenvalue weighted by Gasteiger charge is 2.17. The molecule has 0 aromatic heterocycles. The van der Waals surface area contributed by atoms with Gasteiger partial charge in [-0.25, -0.2) is 4.79 Å². The Morgan fingerprint density at radius 3 is 2.20 bits per heavy atom. The topological polar surface area (TPSA) is 106 Å². The lowest BCUT2D eigenvalue weighted by Gasteiger charge is -2.11. The van der Waals surface area contributed by atoms with E-state index in [1.54, 1.807) is 13.8 Å². The quantitative estimate of drug-likeness (QED) is 0.621. The Morgan fingerprint density at radius 2 is 1.80 bits per heavy atom. The number of carbonyl (C=O) groups excluding carboxylic acids is 1. The number of primary amides is 1. The van der Waals surface area contributed by atoms with Gasteiger partial charge < -0.3 is 16.6 Å². The van der Waals surface area contributed by atoms with Crippen molar-refractivity contribution in [3.8, 4) is 0 Å². The minimum Gasteiger partial charge on any atom is -0.478 e. The van der Waals surface area contributed by atoms with Gasteiger partial charge in [0.2, 0.25) is 0 Å². The number of nitrogen functional groups attached to an aromatic ring is 1. The Bertz CT molecular complexity index is 452. The minimum absolute atomic E-state index is 0.0926. The number of rotatable bonds is 2. The van der Waals surface area contributed by atoms with Crippen LogP contribution in [0.5, 0.6) is 0 Å². The molecular weight excluding hydrogens is 196 g/mol. The second kappa shape index (κ2) is 3.61. The molecule has 0 aliphatic carbocycles. The number of carboxylic acids is 1. The first kappa shape index (κ1) is 11.0. The lowest BCUT2D eigenvalue weighted by Crippen LogP contribution is -2.17. The number of anilines is 1. The maximum Gasteiger partial charge on any atom is 0.336 e. The maximum absolute atomic E-state index is 11.1. The highest BCUT2D eigenvalue weighted by molar-refractivity contribution is 6.02. The summed E-state index contributed by atoms with van der Waals surface area (Å²) >= 11 is 0. The monoisotopic (exact) mass is 208 g/mol. The molecule has 0 bridgehead atoms. The van der Waals surface area contributed by atoms with Crippen LogP contribution in [0.2, 0.25) is 0 Å². The molecule has 0 aliphatic rings. The van der Waals surface area contributed by atoms with Crippen LogP contribution < -0.4 is 11.5 Å². The standard InChI is InChI=1S/C10H12N2O3/c1-4-5(2)8(9(12)13)7(11)3-6(4)10(14)15/h3H,11H2,1-2H3,(H2,12,13)(H,14,15). The van der Waals surface area contributed by atoms with Gasteiger partial charge in [0.05, 0.1) is 11.1 Å². The fourth-order valence-electron chi connectivity index (χ4n) is 1.49. The summed E-state index contributed by atoms with van der Waals surface area (Å²) in [5.74, 6) is -1.72. The zero-order valence-electron chi connectivity index (χ0n) is 8.50. The van der Waals surface area contributed by atoms with Gasteiger partial charge in [0.15, 0.2) is 0 Å². The first-order valence-electron chi connectivity index (χ1n) is 4.29. The Kier molecular flexibility index (Phi) is 2.65. The Balaban J connectivity index is 3.58. The summed E-state index contributed by atoms with van der Waals surface area (Å²) in [5.41, 5.74) is 12.1. The molecular formula is C10H12N2O3. The van der Waals surface area contributed by atoms with Crippen molar-refractivity contribution in [3.05, 3.63) is 28.3 Å². The van der Waals surface area contributed by atoms with Crippen molar-refractivity contribution in [1.82, 2.24) is 0 Å². The number of carboxylic acid groups (broad SMARTS) is 1.